The van der Waals surface area contributed by atoms with Gasteiger partial charge in [-0.25, -0.2) is 4.39 Å². The molecule has 0 aliphatic rings. The highest BCUT2D eigenvalue weighted by Gasteiger charge is 2.18. The third kappa shape index (κ3) is 3.21. The molecule has 104 valence electrons. The van der Waals surface area contributed by atoms with E-state index in [0.717, 1.165) is 12.1 Å². The molecule has 2 aromatic carbocycles. The summed E-state index contributed by atoms with van der Waals surface area (Å²) >= 11 is 5.78. The van der Waals surface area contributed by atoms with E-state index < -0.39 is 16.4 Å². The molecule has 2 aromatic rings. The maximum Gasteiger partial charge on any atom is 0.306 e. The van der Waals surface area contributed by atoms with Gasteiger partial charge in [0.15, 0.2) is 0 Å². The predicted octanol–water partition coefficient (Wildman–Crippen LogP) is 4.11. The number of ether oxygens (including phenoxy) is 1. The molecule has 7 heteroatoms. The summed E-state index contributed by atoms with van der Waals surface area (Å²) in [5, 5.41) is 10.5. The molecule has 0 unspecified atom stereocenters. The first-order valence-electron chi connectivity index (χ1n) is 5.48. The van der Waals surface area contributed by atoms with E-state index in [-0.39, 0.29) is 23.2 Å². The van der Waals surface area contributed by atoms with Crippen molar-refractivity contribution in [2.75, 3.05) is 0 Å². The summed E-state index contributed by atoms with van der Waals surface area (Å²) in [6.07, 6.45) is 0. The van der Waals surface area contributed by atoms with E-state index in [9.17, 15) is 18.9 Å². The van der Waals surface area contributed by atoms with Crippen molar-refractivity contribution < 1.29 is 18.4 Å². The zero-order valence-corrected chi connectivity index (χ0v) is 10.7. The fraction of sp³-hybridized carbons (Fsp3) is 0.0769. The smallest absolute Gasteiger partial charge is 0.306 e. The number of nitro benzene ring substituents is 1. The molecule has 0 N–H and O–H groups in total. The minimum absolute atomic E-state index is 0.0147. The molecule has 0 atom stereocenters. The van der Waals surface area contributed by atoms with Crippen LogP contribution in [0, 0.1) is 21.7 Å². The van der Waals surface area contributed by atoms with E-state index in [1.165, 1.54) is 24.3 Å². The molecule has 0 saturated heterocycles. The summed E-state index contributed by atoms with van der Waals surface area (Å²) in [5.41, 5.74) is -0.0645. The Kier molecular flexibility index (Phi) is 4.14. The van der Waals surface area contributed by atoms with Crippen LogP contribution in [0.15, 0.2) is 36.4 Å². The van der Waals surface area contributed by atoms with Gasteiger partial charge >= 0.3 is 5.69 Å². The van der Waals surface area contributed by atoms with Gasteiger partial charge in [0.2, 0.25) is 5.82 Å². The molecule has 0 radical (unpaired) electrons. The monoisotopic (exact) mass is 299 g/mol. The lowest BCUT2D eigenvalue weighted by Crippen LogP contribution is -1.99. The van der Waals surface area contributed by atoms with Gasteiger partial charge < -0.3 is 4.74 Å². The van der Waals surface area contributed by atoms with E-state index >= 15 is 0 Å². The van der Waals surface area contributed by atoms with Gasteiger partial charge in [-0.3, -0.25) is 10.1 Å². The van der Waals surface area contributed by atoms with Crippen molar-refractivity contribution in [2.45, 2.75) is 6.61 Å². The summed E-state index contributed by atoms with van der Waals surface area (Å²) in [7, 11) is 0. The average Bonchev–Trinajstić information content (AvgIpc) is 2.41. The van der Waals surface area contributed by atoms with Gasteiger partial charge in [0.1, 0.15) is 18.2 Å². The molecule has 0 aliphatic heterocycles. The first-order valence-corrected chi connectivity index (χ1v) is 5.86. The van der Waals surface area contributed by atoms with Crippen LogP contribution in [-0.2, 0) is 6.61 Å². The highest BCUT2D eigenvalue weighted by Crippen LogP contribution is 2.31. The Bertz CT molecular complexity index is 647. The minimum atomic E-state index is -1.03. The lowest BCUT2D eigenvalue weighted by atomic mass is 10.2. The maximum absolute atomic E-state index is 13.4. The van der Waals surface area contributed by atoms with Crippen LogP contribution in [0.1, 0.15) is 5.56 Å². The van der Waals surface area contributed by atoms with Gasteiger partial charge in [-0.15, -0.1) is 0 Å². The normalized spacial score (nSPS) is 10.3. The lowest BCUT2D eigenvalue weighted by Gasteiger charge is -2.08. The second kappa shape index (κ2) is 5.83. The topological polar surface area (TPSA) is 52.4 Å². The molecule has 0 heterocycles. The number of nitrogens with zero attached hydrogens (tertiary/aromatic N) is 1. The Morgan fingerprint density at radius 3 is 2.45 bits per heavy atom. The Hall–Kier alpha value is -2.21. The molecular weight excluding hydrogens is 292 g/mol. The van der Waals surface area contributed by atoms with E-state index in [4.69, 9.17) is 16.3 Å². The first kappa shape index (κ1) is 14.2. The van der Waals surface area contributed by atoms with Crippen molar-refractivity contribution in [3.63, 3.8) is 0 Å². The molecule has 0 bridgehead atoms. The highest BCUT2D eigenvalue weighted by atomic mass is 35.5. The van der Waals surface area contributed by atoms with Crippen LogP contribution in [-0.4, -0.2) is 4.92 Å². The Balaban J connectivity index is 2.16. The van der Waals surface area contributed by atoms with Crippen molar-refractivity contribution in [1.29, 1.82) is 0 Å². The lowest BCUT2D eigenvalue weighted by molar-refractivity contribution is -0.387. The van der Waals surface area contributed by atoms with Crippen molar-refractivity contribution in [2.24, 2.45) is 0 Å². The maximum atomic E-state index is 13.4. The van der Waals surface area contributed by atoms with Crippen LogP contribution in [0.25, 0.3) is 0 Å². The van der Waals surface area contributed by atoms with E-state index in [2.05, 4.69) is 0 Å². The Labute approximate surface area is 117 Å². The molecule has 0 spiro atoms. The van der Waals surface area contributed by atoms with E-state index in [1.807, 2.05) is 0 Å². The molecule has 0 aliphatic carbocycles. The van der Waals surface area contributed by atoms with Gasteiger partial charge in [-0.05, 0) is 17.7 Å². The minimum Gasteiger partial charge on any atom is -0.487 e. The molecule has 20 heavy (non-hydrogen) atoms. The molecular formula is C13H8ClF2NO3. The highest BCUT2D eigenvalue weighted by molar-refractivity contribution is 6.32. The van der Waals surface area contributed by atoms with Gasteiger partial charge in [0, 0.05) is 12.1 Å². The SMILES string of the molecule is O=[N+]([O-])c1cc(Cl)c(OCc2ccc(F)cc2)cc1F. The Morgan fingerprint density at radius 2 is 1.85 bits per heavy atom. The van der Waals surface area contributed by atoms with Crippen LogP contribution in [0.3, 0.4) is 0 Å². The molecule has 0 saturated carbocycles. The third-order valence-corrected chi connectivity index (χ3v) is 2.80. The zero-order chi connectivity index (χ0) is 14.7. The summed E-state index contributed by atoms with van der Waals surface area (Å²) in [6, 6.07) is 7.27. The van der Waals surface area contributed by atoms with E-state index in [1.54, 1.807) is 0 Å². The fourth-order valence-corrected chi connectivity index (χ4v) is 1.72. The largest absolute Gasteiger partial charge is 0.487 e. The number of benzene rings is 2. The zero-order valence-electron chi connectivity index (χ0n) is 9.98. The number of hydrogen-bond acceptors (Lipinski definition) is 3. The summed E-state index contributed by atoms with van der Waals surface area (Å²) in [6.45, 7) is 0.0389. The molecule has 4 nitrogen and oxygen atoms in total. The molecule has 2 rings (SSSR count). The first-order chi connectivity index (χ1) is 9.47. The van der Waals surface area contributed by atoms with Crippen LogP contribution in [0.4, 0.5) is 14.5 Å². The van der Waals surface area contributed by atoms with Gasteiger partial charge in [0.05, 0.1) is 9.95 Å². The number of nitro groups is 1. The van der Waals surface area contributed by atoms with Crippen LogP contribution in [0.5, 0.6) is 5.75 Å². The third-order valence-electron chi connectivity index (χ3n) is 2.51. The van der Waals surface area contributed by atoms with Gasteiger partial charge in [-0.2, -0.15) is 4.39 Å². The number of rotatable bonds is 4. The fourth-order valence-electron chi connectivity index (χ4n) is 1.51. The van der Waals surface area contributed by atoms with Crippen LogP contribution >= 0.6 is 11.6 Å². The van der Waals surface area contributed by atoms with Crippen molar-refractivity contribution in [3.8, 4) is 5.75 Å². The van der Waals surface area contributed by atoms with E-state index in [0.29, 0.717) is 5.56 Å². The average molecular weight is 300 g/mol. The van der Waals surface area contributed by atoms with Gasteiger partial charge in [-0.1, -0.05) is 23.7 Å². The van der Waals surface area contributed by atoms with Crippen molar-refractivity contribution in [3.05, 3.63) is 68.7 Å². The summed E-state index contributed by atoms with van der Waals surface area (Å²) < 4.78 is 31.4. The standard InChI is InChI=1S/C13H8ClF2NO3/c14-10-5-12(17(18)19)11(16)6-13(10)20-7-8-1-3-9(15)4-2-8/h1-6H,7H2. The quantitative estimate of drug-likeness (QED) is 0.630. The Morgan fingerprint density at radius 1 is 1.20 bits per heavy atom. The predicted molar refractivity (Wildman–Crippen MR) is 68.8 cm³/mol. The molecule has 0 aromatic heterocycles. The van der Waals surface area contributed by atoms with Crippen LogP contribution < -0.4 is 4.74 Å². The van der Waals surface area contributed by atoms with Gasteiger partial charge in [0.25, 0.3) is 0 Å². The second-order valence-electron chi connectivity index (χ2n) is 3.91. The molecule has 0 amide bonds. The van der Waals surface area contributed by atoms with Crippen molar-refractivity contribution in [1.82, 2.24) is 0 Å². The summed E-state index contributed by atoms with van der Waals surface area (Å²) in [4.78, 5) is 9.66. The number of hydrogen-bond donors (Lipinski definition) is 0. The molecule has 0 fully saturated rings. The van der Waals surface area contributed by atoms with Crippen molar-refractivity contribution >= 4 is 17.3 Å². The number of halogens is 3. The summed E-state index contributed by atoms with van der Waals surface area (Å²) in [5.74, 6) is -1.43. The van der Waals surface area contributed by atoms with Crippen LogP contribution in [0.2, 0.25) is 5.02 Å². The second-order valence-corrected chi connectivity index (χ2v) is 4.31.